The minimum Gasteiger partial charge on any atom is -0.360 e. The molecule has 2 rings (SSSR count). The van der Waals surface area contributed by atoms with Crippen molar-refractivity contribution in [2.75, 3.05) is 11.4 Å². The largest absolute Gasteiger partial charge is 0.360 e. The predicted molar refractivity (Wildman–Crippen MR) is 79.1 cm³/mol. The Morgan fingerprint density at radius 1 is 1.50 bits per heavy atom. The van der Waals surface area contributed by atoms with Gasteiger partial charge in [-0.05, 0) is 50.4 Å². The normalized spacial score (nSPS) is 11.9. The first-order chi connectivity index (χ1) is 8.60. The van der Waals surface area contributed by atoms with Gasteiger partial charge < -0.3 is 4.52 Å². The molecule has 0 unspecified atom stereocenters. The fourth-order valence-electron chi connectivity index (χ4n) is 1.41. The number of nitrogens with zero attached hydrogens (tertiary/aromatic N) is 2. The molecule has 0 saturated carbocycles. The molecule has 0 bridgehead atoms. The van der Waals surface area contributed by atoms with E-state index >= 15 is 0 Å². The predicted octanol–water partition coefficient (Wildman–Crippen LogP) is 4.61. The molecule has 0 saturated heterocycles. The van der Waals surface area contributed by atoms with Crippen LogP contribution in [-0.2, 0) is 0 Å². The van der Waals surface area contributed by atoms with Gasteiger partial charge in [0, 0.05) is 18.0 Å². The molecule has 2 aromatic heterocycles. The average molecular weight is 280 g/mol. The lowest BCUT2D eigenvalue weighted by molar-refractivity contribution is 0.399. The molecule has 2 heterocycles. The highest BCUT2D eigenvalue weighted by molar-refractivity contribution is 8.02. The van der Waals surface area contributed by atoms with Crippen LogP contribution in [-0.4, -0.2) is 12.2 Å². The van der Waals surface area contributed by atoms with Crippen LogP contribution in [0.25, 0.3) is 5.57 Å². The highest BCUT2D eigenvalue weighted by atomic mass is 32.2. The summed E-state index contributed by atoms with van der Waals surface area (Å²) in [6.45, 7) is 6.09. The minimum absolute atomic E-state index is 0.828. The van der Waals surface area contributed by atoms with E-state index in [4.69, 9.17) is 4.52 Å². The number of aromatic nitrogens is 1. The Labute approximate surface area is 116 Å². The van der Waals surface area contributed by atoms with Crippen LogP contribution in [0.1, 0.15) is 24.5 Å². The fraction of sp³-hybridized carbons (Fsp3) is 0.308. The van der Waals surface area contributed by atoms with E-state index in [2.05, 4.69) is 37.2 Å². The van der Waals surface area contributed by atoms with Crippen molar-refractivity contribution in [3.8, 4) is 0 Å². The van der Waals surface area contributed by atoms with Gasteiger partial charge in [0.1, 0.15) is 5.76 Å². The maximum Gasteiger partial charge on any atom is 0.182 e. The molecule has 96 valence electrons. The summed E-state index contributed by atoms with van der Waals surface area (Å²) in [5.41, 5.74) is 1.31. The SMILES string of the molecule is C/C=C(\C)c1ccc(SN(C)c2cc(C)on2)s1. The van der Waals surface area contributed by atoms with Crippen LogP contribution in [0.3, 0.4) is 0 Å². The summed E-state index contributed by atoms with van der Waals surface area (Å²) < 4.78 is 8.33. The maximum atomic E-state index is 5.07. The second-order valence-corrected chi connectivity index (χ2v) is 6.49. The number of aryl methyl sites for hydroxylation is 1. The first-order valence-corrected chi connectivity index (χ1v) is 7.27. The van der Waals surface area contributed by atoms with Gasteiger partial charge in [-0.3, -0.25) is 4.31 Å². The smallest absolute Gasteiger partial charge is 0.182 e. The number of hydrogen-bond acceptors (Lipinski definition) is 5. The van der Waals surface area contributed by atoms with Crippen LogP contribution in [0, 0.1) is 6.92 Å². The van der Waals surface area contributed by atoms with Gasteiger partial charge in [-0.2, -0.15) is 0 Å². The zero-order valence-electron chi connectivity index (χ0n) is 10.9. The molecule has 0 amide bonds. The van der Waals surface area contributed by atoms with E-state index in [9.17, 15) is 0 Å². The van der Waals surface area contributed by atoms with Gasteiger partial charge in [0.05, 0.1) is 4.21 Å². The van der Waals surface area contributed by atoms with Crippen molar-refractivity contribution in [3.05, 3.63) is 34.9 Å². The molecule has 0 aliphatic carbocycles. The monoisotopic (exact) mass is 280 g/mol. The summed E-state index contributed by atoms with van der Waals surface area (Å²) in [5.74, 6) is 1.67. The molecule has 0 radical (unpaired) electrons. The van der Waals surface area contributed by atoms with Crippen LogP contribution < -0.4 is 4.31 Å². The molecule has 0 aliphatic heterocycles. The van der Waals surface area contributed by atoms with E-state index < -0.39 is 0 Å². The van der Waals surface area contributed by atoms with Gasteiger partial charge in [-0.1, -0.05) is 11.2 Å². The fourth-order valence-corrected chi connectivity index (χ4v) is 3.51. The van der Waals surface area contributed by atoms with Crippen molar-refractivity contribution < 1.29 is 4.52 Å². The van der Waals surface area contributed by atoms with Crippen LogP contribution in [0.5, 0.6) is 0 Å². The van der Waals surface area contributed by atoms with Gasteiger partial charge >= 0.3 is 0 Å². The highest BCUT2D eigenvalue weighted by Gasteiger charge is 2.10. The Morgan fingerprint density at radius 2 is 2.28 bits per heavy atom. The van der Waals surface area contributed by atoms with Crippen molar-refractivity contribution in [1.82, 2.24) is 5.16 Å². The summed E-state index contributed by atoms with van der Waals surface area (Å²) in [6, 6.07) is 6.23. The van der Waals surface area contributed by atoms with E-state index in [1.165, 1.54) is 14.7 Å². The third-order valence-electron chi connectivity index (χ3n) is 2.57. The molecule has 18 heavy (non-hydrogen) atoms. The summed E-state index contributed by atoms with van der Waals surface area (Å²) >= 11 is 3.45. The van der Waals surface area contributed by atoms with Crippen LogP contribution >= 0.6 is 23.3 Å². The maximum absolute atomic E-state index is 5.07. The van der Waals surface area contributed by atoms with Gasteiger partial charge in [0.25, 0.3) is 0 Å². The second-order valence-electron chi connectivity index (χ2n) is 3.97. The molecule has 0 fully saturated rings. The lowest BCUT2D eigenvalue weighted by Gasteiger charge is -2.11. The van der Waals surface area contributed by atoms with Crippen molar-refractivity contribution in [3.63, 3.8) is 0 Å². The standard InChI is InChI=1S/C13H16N2OS2/c1-5-9(2)11-6-7-13(17-11)18-15(4)12-8-10(3)16-14-12/h5-8H,1-4H3/b9-5+. The molecule has 3 nitrogen and oxygen atoms in total. The van der Waals surface area contributed by atoms with Crippen LogP contribution in [0.15, 0.2) is 33.0 Å². The number of hydrogen-bond donors (Lipinski definition) is 0. The number of thiophene rings is 1. The van der Waals surface area contributed by atoms with E-state index in [0.29, 0.717) is 0 Å². The summed E-state index contributed by atoms with van der Waals surface area (Å²) in [5, 5.41) is 3.99. The third kappa shape index (κ3) is 2.97. The topological polar surface area (TPSA) is 29.3 Å². The highest BCUT2D eigenvalue weighted by Crippen LogP contribution is 2.34. The first-order valence-electron chi connectivity index (χ1n) is 5.68. The Bertz CT molecular complexity index is 557. The summed E-state index contributed by atoms with van der Waals surface area (Å²) in [7, 11) is 1.99. The Morgan fingerprint density at radius 3 is 2.89 bits per heavy atom. The Kier molecular flexibility index (Phi) is 4.14. The van der Waals surface area contributed by atoms with Gasteiger partial charge in [0.15, 0.2) is 5.82 Å². The van der Waals surface area contributed by atoms with Crippen LogP contribution in [0.2, 0.25) is 0 Å². The molecule has 0 aromatic carbocycles. The van der Waals surface area contributed by atoms with E-state index in [1.54, 1.807) is 23.3 Å². The quantitative estimate of drug-likeness (QED) is 0.765. The zero-order chi connectivity index (χ0) is 13.1. The lowest BCUT2D eigenvalue weighted by atomic mass is 10.2. The van der Waals surface area contributed by atoms with E-state index in [0.717, 1.165) is 11.6 Å². The van der Waals surface area contributed by atoms with Gasteiger partial charge in [-0.25, -0.2) is 0 Å². The van der Waals surface area contributed by atoms with Gasteiger partial charge in [-0.15, -0.1) is 11.3 Å². The van der Waals surface area contributed by atoms with Crippen molar-refractivity contribution in [1.29, 1.82) is 0 Å². The third-order valence-corrected chi connectivity index (χ3v) is 4.83. The average Bonchev–Trinajstić information content (AvgIpc) is 2.97. The first kappa shape index (κ1) is 13.2. The van der Waals surface area contributed by atoms with Crippen molar-refractivity contribution in [2.45, 2.75) is 25.0 Å². The lowest BCUT2D eigenvalue weighted by Crippen LogP contribution is -2.05. The van der Waals surface area contributed by atoms with Gasteiger partial charge in [0.2, 0.25) is 0 Å². The number of rotatable bonds is 4. The van der Waals surface area contributed by atoms with E-state index in [1.807, 2.05) is 24.3 Å². The van der Waals surface area contributed by atoms with E-state index in [-0.39, 0.29) is 0 Å². The summed E-state index contributed by atoms with van der Waals surface area (Å²) in [4.78, 5) is 1.31. The van der Waals surface area contributed by atoms with Crippen molar-refractivity contribution in [2.24, 2.45) is 0 Å². The molecular weight excluding hydrogens is 264 g/mol. The number of anilines is 1. The van der Waals surface area contributed by atoms with Crippen molar-refractivity contribution >= 4 is 34.7 Å². The molecular formula is C13H16N2OS2. The second kappa shape index (κ2) is 5.63. The number of allylic oxidation sites excluding steroid dienone is 2. The molecule has 5 heteroatoms. The molecule has 0 N–H and O–H groups in total. The zero-order valence-corrected chi connectivity index (χ0v) is 12.6. The molecule has 2 aromatic rings. The molecule has 0 atom stereocenters. The molecule has 0 spiro atoms. The Balaban J connectivity index is 2.08. The molecule has 0 aliphatic rings. The minimum atomic E-state index is 0.828. The Hall–Kier alpha value is -1.20. The van der Waals surface area contributed by atoms with Crippen LogP contribution in [0.4, 0.5) is 5.82 Å². The summed E-state index contributed by atoms with van der Waals surface area (Å²) in [6.07, 6.45) is 2.13.